The third-order valence-corrected chi connectivity index (χ3v) is 3.66. The molecule has 112 valence electrons. The molecule has 0 saturated carbocycles. The van der Waals surface area contributed by atoms with Gasteiger partial charge in [-0.05, 0) is 46.0 Å². The van der Waals surface area contributed by atoms with Gasteiger partial charge in [-0.25, -0.2) is 0 Å². The van der Waals surface area contributed by atoms with Crippen LogP contribution >= 0.6 is 27.5 Å². The summed E-state index contributed by atoms with van der Waals surface area (Å²) in [7, 11) is 0. The molecule has 0 spiro atoms. The highest BCUT2D eigenvalue weighted by molar-refractivity contribution is 9.10. The van der Waals surface area contributed by atoms with Crippen molar-refractivity contribution in [1.29, 1.82) is 0 Å². The molecule has 1 rings (SSSR count). The van der Waals surface area contributed by atoms with E-state index in [9.17, 15) is 4.79 Å². The summed E-state index contributed by atoms with van der Waals surface area (Å²) in [6.45, 7) is 4.52. The minimum absolute atomic E-state index is 0.0601. The Kier molecular flexibility index (Phi) is 6.79. The van der Waals surface area contributed by atoms with Crippen LogP contribution < -0.4 is 10.1 Å². The van der Waals surface area contributed by atoms with Gasteiger partial charge in [-0.2, -0.15) is 0 Å². The number of halogens is 2. The van der Waals surface area contributed by atoms with E-state index in [1.165, 1.54) is 0 Å². The highest BCUT2D eigenvalue weighted by atomic mass is 79.9. The van der Waals surface area contributed by atoms with E-state index in [0.717, 1.165) is 0 Å². The van der Waals surface area contributed by atoms with Crippen molar-refractivity contribution < 1.29 is 14.6 Å². The molecule has 0 aromatic heterocycles. The summed E-state index contributed by atoms with van der Waals surface area (Å²) in [5.74, 6) is 0.372. The maximum absolute atomic E-state index is 11.7. The topological polar surface area (TPSA) is 58.6 Å². The molecule has 0 aliphatic heterocycles. The standard InChI is InChI=1S/C14H19BrClNO3/c1-14(2,5-6-18)9-17-13(19)8-20-12-4-3-10(16)7-11(12)15/h3-4,7,18H,5-6,8-9H2,1-2H3,(H,17,19). The van der Waals surface area contributed by atoms with Gasteiger partial charge in [0.2, 0.25) is 0 Å². The minimum atomic E-state index is -0.196. The van der Waals surface area contributed by atoms with Gasteiger partial charge in [-0.3, -0.25) is 4.79 Å². The predicted molar refractivity (Wildman–Crippen MR) is 83.1 cm³/mol. The predicted octanol–water partition coefficient (Wildman–Crippen LogP) is 3.01. The van der Waals surface area contributed by atoms with E-state index in [1.54, 1.807) is 18.2 Å². The van der Waals surface area contributed by atoms with Gasteiger partial charge < -0.3 is 15.2 Å². The lowest BCUT2D eigenvalue weighted by Crippen LogP contribution is -2.37. The van der Waals surface area contributed by atoms with Crippen molar-refractivity contribution in [2.45, 2.75) is 20.3 Å². The number of hydrogen-bond acceptors (Lipinski definition) is 3. The van der Waals surface area contributed by atoms with Crippen LogP contribution in [0.2, 0.25) is 5.02 Å². The van der Waals surface area contributed by atoms with Crippen molar-refractivity contribution in [2.75, 3.05) is 19.8 Å². The Hall–Kier alpha value is -0.780. The van der Waals surface area contributed by atoms with E-state index >= 15 is 0 Å². The Bertz CT molecular complexity index is 466. The molecule has 1 amide bonds. The van der Waals surface area contributed by atoms with E-state index in [1.807, 2.05) is 13.8 Å². The molecule has 4 nitrogen and oxygen atoms in total. The number of amides is 1. The van der Waals surface area contributed by atoms with Gasteiger partial charge in [0.25, 0.3) is 5.91 Å². The maximum Gasteiger partial charge on any atom is 0.257 e. The number of rotatable bonds is 7. The Labute approximate surface area is 132 Å². The first-order valence-electron chi connectivity index (χ1n) is 6.29. The Morgan fingerprint density at radius 2 is 2.20 bits per heavy atom. The van der Waals surface area contributed by atoms with Crippen LogP contribution in [0.15, 0.2) is 22.7 Å². The highest BCUT2D eigenvalue weighted by Gasteiger charge is 2.18. The largest absolute Gasteiger partial charge is 0.483 e. The van der Waals surface area contributed by atoms with Gasteiger partial charge in [-0.1, -0.05) is 25.4 Å². The molecule has 2 N–H and O–H groups in total. The summed E-state index contributed by atoms with van der Waals surface area (Å²) in [6, 6.07) is 5.11. The Morgan fingerprint density at radius 3 is 2.80 bits per heavy atom. The van der Waals surface area contributed by atoms with Crippen LogP contribution in [0.4, 0.5) is 0 Å². The van der Waals surface area contributed by atoms with Crippen LogP contribution in [0, 0.1) is 5.41 Å². The minimum Gasteiger partial charge on any atom is -0.483 e. The van der Waals surface area contributed by atoms with Crippen LogP contribution in [-0.2, 0) is 4.79 Å². The zero-order chi connectivity index (χ0) is 15.2. The third kappa shape index (κ3) is 6.11. The first kappa shape index (κ1) is 17.3. The van der Waals surface area contributed by atoms with E-state index in [4.69, 9.17) is 21.4 Å². The zero-order valence-corrected chi connectivity index (χ0v) is 13.9. The SMILES string of the molecule is CC(C)(CCO)CNC(=O)COc1ccc(Cl)cc1Br. The van der Waals surface area contributed by atoms with E-state index in [2.05, 4.69) is 21.2 Å². The molecule has 1 aromatic rings. The molecule has 0 heterocycles. The number of carbonyl (C=O) groups is 1. The van der Waals surface area contributed by atoms with Crippen LogP contribution in [0.25, 0.3) is 0 Å². The van der Waals surface area contributed by atoms with Crippen LogP contribution in [0.5, 0.6) is 5.75 Å². The van der Waals surface area contributed by atoms with Gasteiger partial charge in [0.15, 0.2) is 6.61 Å². The van der Waals surface area contributed by atoms with Crippen molar-refractivity contribution in [3.05, 3.63) is 27.7 Å². The second-order valence-corrected chi connectivity index (χ2v) is 6.57. The fourth-order valence-electron chi connectivity index (χ4n) is 1.52. The van der Waals surface area contributed by atoms with Crippen molar-refractivity contribution >= 4 is 33.4 Å². The first-order chi connectivity index (χ1) is 9.34. The van der Waals surface area contributed by atoms with E-state index < -0.39 is 0 Å². The zero-order valence-electron chi connectivity index (χ0n) is 11.6. The van der Waals surface area contributed by atoms with Gasteiger partial charge in [-0.15, -0.1) is 0 Å². The number of aliphatic hydroxyl groups is 1. The van der Waals surface area contributed by atoms with Crippen molar-refractivity contribution in [2.24, 2.45) is 5.41 Å². The molecule has 0 saturated heterocycles. The molecule has 0 bridgehead atoms. The first-order valence-corrected chi connectivity index (χ1v) is 7.46. The average Bonchev–Trinajstić information content (AvgIpc) is 2.35. The second kappa shape index (κ2) is 7.86. The van der Waals surface area contributed by atoms with Gasteiger partial charge in [0, 0.05) is 18.2 Å². The molecular weight excluding hydrogens is 346 g/mol. The van der Waals surface area contributed by atoms with Gasteiger partial charge in [0.05, 0.1) is 4.47 Å². The normalized spacial score (nSPS) is 11.2. The molecule has 1 aromatic carbocycles. The Morgan fingerprint density at radius 1 is 1.50 bits per heavy atom. The Balaban J connectivity index is 2.40. The molecule has 20 heavy (non-hydrogen) atoms. The van der Waals surface area contributed by atoms with Gasteiger partial charge in [0.1, 0.15) is 5.75 Å². The molecular formula is C14H19BrClNO3. The smallest absolute Gasteiger partial charge is 0.257 e. The lowest BCUT2D eigenvalue weighted by atomic mass is 9.90. The average molecular weight is 365 g/mol. The molecule has 6 heteroatoms. The van der Waals surface area contributed by atoms with Crippen molar-refractivity contribution in [3.8, 4) is 5.75 Å². The molecule has 0 aliphatic rings. The molecule has 0 aliphatic carbocycles. The number of nitrogens with one attached hydrogen (secondary N) is 1. The molecule has 0 unspecified atom stereocenters. The summed E-state index contributed by atoms with van der Waals surface area (Å²) in [4.78, 5) is 11.7. The molecule has 0 radical (unpaired) electrons. The summed E-state index contributed by atoms with van der Waals surface area (Å²) in [5.41, 5.74) is -0.134. The van der Waals surface area contributed by atoms with Gasteiger partial charge >= 0.3 is 0 Å². The summed E-state index contributed by atoms with van der Waals surface area (Å²) < 4.78 is 6.12. The fraction of sp³-hybridized carbons (Fsp3) is 0.500. The highest BCUT2D eigenvalue weighted by Crippen LogP contribution is 2.27. The quantitative estimate of drug-likeness (QED) is 0.782. The fourth-order valence-corrected chi connectivity index (χ4v) is 2.31. The number of ether oxygens (including phenoxy) is 1. The van der Waals surface area contributed by atoms with Crippen molar-refractivity contribution in [1.82, 2.24) is 5.32 Å². The maximum atomic E-state index is 11.7. The summed E-state index contributed by atoms with van der Waals surface area (Å²) in [5, 5.41) is 12.3. The lowest BCUT2D eigenvalue weighted by Gasteiger charge is -2.23. The number of aliphatic hydroxyl groups excluding tert-OH is 1. The number of benzene rings is 1. The molecule has 0 atom stereocenters. The van der Waals surface area contributed by atoms with E-state index in [-0.39, 0.29) is 24.5 Å². The van der Waals surface area contributed by atoms with Crippen LogP contribution in [0.1, 0.15) is 20.3 Å². The monoisotopic (exact) mass is 363 g/mol. The summed E-state index contributed by atoms with van der Waals surface area (Å²) >= 11 is 9.14. The number of carbonyl (C=O) groups excluding carboxylic acids is 1. The molecule has 0 fully saturated rings. The van der Waals surface area contributed by atoms with E-state index in [0.29, 0.717) is 28.2 Å². The van der Waals surface area contributed by atoms with Crippen LogP contribution in [0.3, 0.4) is 0 Å². The number of hydrogen-bond donors (Lipinski definition) is 2. The summed E-state index contributed by atoms with van der Waals surface area (Å²) in [6.07, 6.45) is 0.636. The third-order valence-electron chi connectivity index (χ3n) is 2.81. The lowest BCUT2D eigenvalue weighted by molar-refractivity contribution is -0.123. The van der Waals surface area contributed by atoms with Crippen molar-refractivity contribution in [3.63, 3.8) is 0 Å². The second-order valence-electron chi connectivity index (χ2n) is 5.28. The van der Waals surface area contributed by atoms with Crippen LogP contribution in [-0.4, -0.2) is 30.8 Å².